The number of Topliss-reactive ketones (excluding diaryl/α,β-unsaturated/α-hetero) is 1. The van der Waals surface area contributed by atoms with Gasteiger partial charge in [-0.05, 0) is 81.0 Å². The van der Waals surface area contributed by atoms with Crippen LogP contribution in [0, 0.1) is 32.1 Å². The van der Waals surface area contributed by atoms with Crippen LogP contribution in [0.5, 0.6) is 0 Å². The number of ketones is 1. The topological polar surface area (TPSA) is 77.4 Å². The molecule has 3 rings (SSSR count). The van der Waals surface area contributed by atoms with Crippen molar-refractivity contribution in [2.24, 2.45) is 11.3 Å². The van der Waals surface area contributed by atoms with Gasteiger partial charge in [-0.15, -0.1) is 0 Å². The van der Waals surface area contributed by atoms with Crippen molar-refractivity contribution in [3.05, 3.63) is 76.9 Å². The Bertz CT molecular complexity index is 1040. The highest BCUT2D eigenvalue weighted by Gasteiger charge is 2.49. The molecular formula is C31H42O4S. The second-order valence-corrected chi connectivity index (χ2v) is 12.0. The largest absolute Gasteiger partial charge is 0.611 e. The molecule has 5 heteroatoms. The van der Waals surface area contributed by atoms with E-state index in [1.165, 1.54) is 24.8 Å². The molecule has 0 aromatic heterocycles. The van der Waals surface area contributed by atoms with Gasteiger partial charge < -0.3 is 9.66 Å². The summed E-state index contributed by atoms with van der Waals surface area (Å²) in [4.78, 5) is 23.7. The minimum atomic E-state index is -1.13. The molecule has 36 heavy (non-hydrogen) atoms. The third-order valence-electron chi connectivity index (χ3n) is 7.14. The van der Waals surface area contributed by atoms with E-state index in [9.17, 15) is 14.1 Å². The van der Waals surface area contributed by atoms with Crippen molar-refractivity contribution >= 4 is 22.9 Å². The highest BCUT2D eigenvalue weighted by Crippen LogP contribution is 2.45. The summed E-state index contributed by atoms with van der Waals surface area (Å²) in [5, 5.41) is 8.56. The number of carboxylic acid groups (broad SMARTS) is 1. The Labute approximate surface area is 220 Å². The lowest BCUT2D eigenvalue weighted by atomic mass is 9.79. The van der Waals surface area contributed by atoms with Crippen LogP contribution in [0.2, 0.25) is 0 Å². The Morgan fingerprint density at radius 2 is 1.75 bits per heavy atom. The molecule has 1 N–H and O–H groups in total. The molecule has 0 radical (unpaired) electrons. The monoisotopic (exact) mass is 510 g/mol. The number of allylic oxidation sites excluding steroid dienone is 1. The average Bonchev–Trinajstić information content (AvgIpc) is 3.08. The maximum atomic E-state index is 13.3. The van der Waals surface area contributed by atoms with E-state index in [1.54, 1.807) is 19.1 Å². The molecule has 1 aliphatic carbocycles. The summed E-state index contributed by atoms with van der Waals surface area (Å²) < 4.78 is 13.3. The smallest absolute Gasteiger partial charge is 0.335 e. The molecule has 1 saturated carbocycles. The first-order valence-electron chi connectivity index (χ1n) is 13.0. The molecule has 0 amide bonds. The van der Waals surface area contributed by atoms with Crippen molar-refractivity contribution in [2.75, 3.05) is 0 Å². The second kappa shape index (κ2) is 13.8. The first-order valence-corrected chi connectivity index (χ1v) is 14.2. The summed E-state index contributed by atoms with van der Waals surface area (Å²) in [7, 11) is 0. The quantitative estimate of drug-likeness (QED) is 0.214. The third-order valence-corrected chi connectivity index (χ3v) is 8.85. The SMILES string of the molecule is CCCCC/C=C/C(C1CCC(=O)C1(C)C)[S+]([O-])c1ccc(C)cc1.Cc1ccc(C(=O)O)c(C)c1. The number of carboxylic acids is 1. The maximum absolute atomic E-state index is 13.3. The molecule has 0 spiro atoms. The van der Waals surface area contributed by atoms with E-state index < -0.39 is 22.6 Å². The van der Waals surface area contributed by atoms with Crippen molar-refractivity contribution in [1.82, 2.24) is 0 Å². The molecule has 0 bridgehead atoms. The molecule has 0 heterocycles. The fraction of sp³-hybridized carbons (Fsp3) is 0.484. The molecule has 2 aromatic carbocycles. The Kier molecular flexibility index (Phi) is 11.4. The number of aryl methyl sites for hydroxylation is 3. The highest BCUT2D eigenvalue weighted by molar-refractivity contribution is 7.92. The number of hydrogen-bond donors (Lipinski definition) is 1. The van der Waals surface area contributed by atoms with Crippen LogP contribution in [0.4, 0.5) is 0 Å². The van der Waals surface area contributed by atoms with Gasteiger partial charge in [0.05, 0.1) is 5.56 Å². The number of hydrogen-bond acceptors (Lipinski definition) is 3. The van der Waals surface area contributed by atoms with E-state index >= 15 is 0 Å². The summed E-state index contributed by atoms with van der Waals surface area (Å²) in [5.41, 5.74) is 3.07. The van der Waals surface area contributed by atoms with Crippen LogP contribution in [0.25, 0.3) is 0 Å². The molecule has 4 nitrogen and oxygen atoms in total. The first kappa shape index (κ1) is 29.9. The van der Waals surface area contributed by atoms with Gasteiger partial charge in [0.2, 0.25) is 0 Å². The lowest BCUT2D eigenvalue weighted by Gasteiger charge is -2.32. The van der Waals surface area contributed by atoms with Crippen molar-refractivity contribution in [1.29, 1.82) is 0 Å². The van der Waals surface area contributed by atoms with Gasteiger partial charge in [0, 0.05) is 17.8 Å². The Morgan fingerprint density at radius 1 is 1.11 bits per heavy atom. The van der Waals surface area contributed by atoms with Gasteiger partial charge in [-0.3, -0.25) is 4.79 Å². The van der Waals surface area contributed by atoms with Crippen molar-refractivity contribution < 1.29 is 19.2 Å². The zero-order chi connectivity index (χ0) is 26.9. The number of benzene rings is 2. The predicted octanol–water partition coefficient (Wildman–Crippen LogP) is 7.61. The molecule has 196 valence electrons. The zero-order valence-electron chi connectivity index (χ0n) is 22.7. The lowest BCUT2D eigenvalue weighted by Crippen LogP contribution is -2.37. The third kappa shape index (κ3) is 8.07. The minimum absolute atomic E-state index is 0.0919. The maximum Gasteiger partial charge on any atom is 0.335 e. The predicted molar refractivity (Wildman–Crippen MR) is 149 cm³/mol. The summed E-state index contributed by atoms with van der Waals surface area (Å²) >= 11 is -1.13. The van der Waals surface area contributed by atoms with Crippen molar-refractivity contribution in [3.63, 3.8) is 0 Å². The Morgan fingerprint density at radius 3 is 2.28 bits per heavy atom. The second-order valence-electron chi connectivity index (χ2n) is 10.4. The molecule has 0 saturated heterocycles. The van der Waals surface area contributed by atoms with E-state index in [0.717, 1.165) is 28.9 Å². The minimum Gasteiger partial charge on any atom is -0.611 e. The fourth-order valence-corrected chi connectivity index (χ4v) is 6.48. The van der Waals surface area contributed by atoms with Gasteiger partial charge in [-0.1, -0.05) is 75.1 Å². The summed E-state index contributed by atoms with van der Waals surface area (Å²) in [6.45, 7) is 12.0. The zero-order valence-corrected chi connectivity index (χ0v) is 23.5. The fourth-order valence-electron chi connectivity index (χ4n) is 4.73. The van der Waals surface area contributed by atoms with Crippen molar-refractivity contribution in [2.45, 2.75) is 90.2 Å². The molecular weight excluding hydrogens is 468 g/mol. The Balaban J connectivity index is 0.000000346. The van der Waals surface area contributed by atoms with Gasteiger partial charge in [-0.2, -0.15) is 0 Å². The normalized spacial score (nSPS) is 18.5. The lowest BCUT2D eigenvalue weighted by molar-refractivity contribution is -0.125. The average molecular weight is 511 g/mol. The van der Waals surface area contributed by atoms with Gasteiger partial charge in [0.1, 0.15) is 11.0 Å². The molecule has 3 unspecified atom stereocenters. The number of carbonyl (C=O) groups excluding carboxylic acids is 1. The molecule has 3 atom stereocenters. The van der Waals surface area contributed by atoms with Gasteiger partial charge in [-0.25, -0.2) is 4.79 Å². The van der Waals surface area contributed by atoms with Gasteiger partial charge in [0.15, 0.2) is 4.90 Å². The van der Waals surface area contributed by atoms with E-state index in [1.807, 2.05) is 58.0 Å². The van der Waals surface area contributed by atoms with Crippen LogP contribution in [0.15, 0.2) is 59.5 Å². The van der Waals surface area contributed by atoms with E-state index in [0.29, 0.717) is 17.8 Å². The molecule has 1 fully saturated rings. The number of carbonyl (C=O) groups is 2. The summed E-state index contributed by atoms with van der Waals surface area (Å²) in [5.74, 6) is -0.408. The molecule has 0 aliphatic heterocycles. The molecule has 1 aliphatic rings. The van der Waals surface area contributed by atoms with Crippen LogP contribution in [0.1, 0.15) is 86.3 Å². The molecule has 2 aromatic rings. The van der Waals surface area contributed by atoms with E-state index in [-0.39, 0.29) is 11.2 Å². The van der Waals surface area contributed by atoms with E-state index in [2.05, 4.69) is 19.1 Å². The van der Waals surface area contributed by atoms with Crippen LogP contribution >= 0.6 is 0 Å². The van der Waals surface area contributed by atoms with E-state index in [4.69, 9.17) is 5.11 Å². The van der Waals surface area contributed by atoms with Crippen molar-refractivity contribution in [3.8, 4) is 0 Å². The standard InChI is InChI=1S/C22H32O2S.C9H10O2/c1-5-6-7-8-9-10-20(19-15-16-21(23)22(19,3)4)25(24)18-13-11-17(2)12-14-18;1-6-3-4-8(9(10)11)7(2)5-6/h9-14,19-20H,5-8,15-16H2,1-4H3;3-5H,1-2H3,(H,10,11)/b10-9+;. The number of aromatic carboxylic acids is 1. The summed E-state index contributed by atoms with van der Waals surface area (Å²) in [6.07, 6.45) is 10.4. The van der Waals surface area contributed by atoms with Gasteiger partial charge >= 0.3 is 5.97 Å². The first-order chi connectivity index (χ1) is 17.0. The number of unbranched alkanes of at least 4 members (excludes halogenated alkanes) is 3. The van der Waals surface area contributed by atoms with Crippen LogP contribution in [0.3, 0.4) is 0 Å². The number of rotatable bonds is 9. The van der Waals surface area contributed by atoms with Crippen LogP contribution in [-0.4, -0.2) is 26.7 Å². The Hall–Kier alpha value is -2.37. The van der Waals surface area contributed by atoms with Gasteiger partial charge in [0.25, 0.3) is 0 Å². The highest BCUT2D eigenvalue weighted by atomic mass is 32.2. The summed E-state index contributed by atoms with van der Waals surface area (Å²) in [6, 6.07) is 13.3. The van der Waals surface area contributed by atoms with Crippen LogP contribution in [-0.2, 0) is 16.0 Å². The van der Waals surface area contributed by atoms with Crippen LogP contribution < -0.4 is 0 Å².